The van der Waals surface area contributed by atoms with Gasteiger partial charge in [0.2, 0.25) is 0 Å². The van der Waals surface area contributed by atoms with Gasteiger partial charge in [0.25, 0.3) is 0 Å². The van der Waals surface area contributed by atoms with Crippen molar-refractivity contribution in [2.75, 3.05) is 5.75 Å². The van der Waals surface area contributed by atoms with E-state index in [-0.39, 0.29) is 18.3 Å². The average Bonchev–Trinajstić information content (AvgIpc) is 2.59. The molecule has 0 aromatic heterocycles. The smallest absolute Gasteiger partial charge is 0.399 e. The van der Waals surface area contributed by atoms with E-state index in [4.69, 9.17) is 9.31 Å². The first-order chi connectivity index (χ1) is 9.30. The van der Waals surface area contributed by atoms with Crippen LogP contribution in [0.3, 0.4) is 0 Å². The van der Waals surface area contributed by atoms with E-state index in [2.05, 4.69) is 6.07 Å². The summed E-state index contributed by atoms with van der Waals surface area (Å²) < 4.78 is 24.2. The Kier molecular flexibility index (Phi) is 3.35. The summed E-state index contributed by atoms with van der Waals surface area (Å²) in [5.74, 6) is 0.764. The lowest BCUT2D eigenvalue weighted by molar-refractivity contribution is 0.00578. The monoisotopic (exact) mass is 292 g/mol. The molecule has 2 heterocycles. The van der Waals surface area contributed by atoms with E-state index in [0.29, 0.717) is 0 Å². The molecule has 0 saturated carbocycles. The van der Waals surface area contributed by atoms with Gasteiger partial charge in [-0.1, -0.05) is 12.1 Å². The van der Waals surface area contributed by atoms with Crippen LogP contribution < -0.4 is 5.46 Å². The van der Waals surface area contributed by atoms with Gasteiger partial charge in [0, 0.05) is 10.6 Å². The molecule has 20 heavy (non-hydrogen) atoms. The fourth-order valence-electron chi connectivity index (χ4n) is 2.62. The van der Waals surface area contributed by atoms with Gasteiger partial charge in [-0.2, -0.15) is 0 Å². The van der Waals surface area contributed by atoms with Crippen molar-refractivity contribution in [2.24, 2.45) is 0 Å². The molecule has 0 spiro atoms. The molecular formula is C15H21BO3S. The van der Waals surface area contributed by atoms with Gasteiger partial charge in [0.15, 0.2) is 0 Å². The summed E-state index contributed by atoms with van der Waals surface area (Å²) in [6.07, 6.45) is 2.03. The van der Waals surface area contributed by atoms with Crippen LogP contribution in [0.2, 0.25) is 0 Å². The fourth-order valence-corrected chi connectivity index (χ4v) is 3.98. The zero-order chi connectivity index (χ0) is 14.5. The first-order valence-electron chi connectivity index (χ1n) is 7.17. The first-order valence-corrected chi connectivity index (χ1v) is 8.49. The Morgan fingerprint density at radius 2 is 1.80 bits per heavy atom. The fraction of sp³-hybridized carbons (Fsp3) is 0.600. The average molecular weight is 292 g/mol. The van der Waals surface area contributed by atoms with E-state index in [1.165, 1.54) is 5.56 Å². The Balaban J connectivity index is 1.93. The second kappa shape index (κ2) is 4.68. The summed E-state index contributed by atoms with van der Waals surface area (Å²) >= 11 is 0. The molecule has 0 bridgehead atoms. The Labute approximate surface area is 123 Å². The topological polar surface area (TPSA) is 35.5 Å². The molecule has 0 aliphatic carbocycles. The molecular weight excluding hydrogens is 271 g/mol. The van der Waals surface area contributed by atoms with E-state index in [1.807, 2.05) is 39.8 Å². The van der Waals surface area contributed by atoms with Crippen LogP contribution in [0.4, 0.5) is 0 Å². The molecule has 1 atom stereocenters. The zero-order valence-electron chi connectivity index (χ0n) is 12.6. The third kappa shape index (κ3) is 2.26. The molecule has 3 rings (SSSR count). The Morgan fingerprint density at radius 1 is 1.15 bits per heavy atom. The molecule has 1 fully saturated rings. The molecule has 108 valence electrons. The van der Waals surface area contributed by atoms with Crippen molar-refractivity contribution in [3.8, 4) is 0 Å². The molecule has 1 aromatic carbocycles. The third-order valence-corrected chi connectivity index (χ3v) is 6.17. The molecule has 1 aromatic rings. The predicted molar refractivity (Wildman–Crippen MR) is 81.8 cm³/mol. The summed E-state index contributed by atoms with van der Waals surface area (Å²) in [5, 5.41) is 0. The SMILES string of the molecule is CC1(C)OB(c2ccc3c(c2)S(=O)CCC3)OC1(C)C. The van der Waals surface area contributed by atoms with E-state index < -0.39 is 10.8 Å². The minimum atomic E-state index is -0.875. The molecule has 2 aliphatic heterocycles. The molecule has 3 nitrogen and oxygen atoms in total. The van der Waals surface area contributed by atoms with Crippen molar-refractivity contribution in [1.82, 2.24) is 0 Å². The van der Waals surface area contributed by atoms with Crippen LogP contribution in [0.1, 0.15) is 39.7 Å². The Hall–Kier alpha value is -0.645. The third-order valence-electron chi connectivity index (χ3n) is 4.64. The van der Waals surface area contributed by atoms with Gasteiger partial charge in [-0.15, -0.1) is 0 Å². The summed E-state index contributed by atoms with van der Waals surface area (Å²) in [4.78, 5) is 0.962. The summed E-state index contributed by atoms with van der Waals surface area (Å²) in [7, 11) is -1.25. The second-order valence-electron chi connectivity index (χ2n) is 6.61. The number of benzene rings is 1. The van der Waals surface area contributed by atoms with E-state index in [9.17, 15) is 4.21 Å². The number of aryl methyl sites for hydroxylation is 1. The Morgan fingerprint density at radius 3 is 2.45 bits per heavy atom. The highest BCUT2D eigenvalue weighted by atomic mass is 32.2. The van der Waals surface area contributed by atoms with Crippen LogP contribution in [-0.4, -0.2) is 28.3 Å². The van der Waals surface area contributed by atoms with Gasteiger partial charge in [-0.3, -0.25) is 4.21 Å². The molecule has 0 amide bonds. The maximum absolute atomic E-state index is 12.1. The van der Waals surface area contributed by atoms with E-state index in [1.54, 1.807) is 0 Å². The molecule has 0 N–H and O–H groups in total. The van der Waals surface area contributed by atoms with E-state index >= 15 is 0 Å². The van der Waals surface area contributed by atoms with Crippen LogP contribution in [0, 0.1) is 0 Å². The normalized spacial score (nSPS) is 27.4. The first kappa shape index (κ1) is 14.3. The van der Waals surface area contributed by atoms with Gasteiger partial charge < -0.3 is 9.31 Å². The van der Waals surface area contributed by atoms with Gasteiger partial charge in [-0.25, -0.2) is 0 Å². The quantitative estimate of drug-likeness (QED) is 0.743. The minimum absolute atomic E-state index is 0.341. The minimum Gasteiger partial charge on any atom is -0.399 e. The summed E-state index contributed by atoms with van der Waals surface area (Å²) in [5.41, 5.74) is 1.49. The van der Waals surface area contributed by atoms with Gasteiger partial charge >= 0.3 is 7.12 Å². The highest BCUT2D eigenvalue weighted by Gasteiger charge is 2.51. The van der Waals surface area contributed by atoms with Crippen molar-refractivity contribution in [2.45, 2.75) is 56.6 Å². The van der Waals surface area contributed by atoms with Crippen LogP contribution >= 0.6 is 0 Å². The number of hydrogen-bond acceptors (Lipinski definition) is 3. The number of fused-ring (bicyclic) bond motifs is 1. The molecule has 0 radical (unpaired) electrons. The second-order valence-corrected chi connectivity index (χ2v) is 8.15. The highest BCUT2D eigenvalue weighted by molar-refractivity contribution is 7.85. The van der Waals surface area contributed by atoms with Crippen molar-refractivity contribution >= 4 is 23.4 Å². The van der Waals surface area contributed by atoms with Crippen LogP contribution in [-0.2, 0) is 26.5 Å². The maximum Gasteiger partial charge on any atom is 0.494 e. The van der Waals surface area contributed by atoms with Crippen molar-refractivity contribution < 1.29 is 13.5 Å². The van der Waals surface area contributed by atoms with Crippen molar-refractivity contribution in [3.63, 3.8) is 0 Å². The standard InChI is InChI=1S/C15H21BO3S/c1-14(2)15(3,4)19-16(18-14)12-8-7-11-6-5-9-20(17)13(11)10-12/h7-8,10H,5-6,9H2,1-4H3. The van der Waals surface area contributed by atoms with E-state index in [0.717, 1.165) is 29.0 Å². The predicted octanol–water partition coefficient (Wildman–Crippen LogP) is 2.04. The molecule has 2 aliphatic rings. The van der Waals surface area contributed by atoms with Crippen LogP contribution in [0.5, 0.6) is 0 Å². The zero-order valence-corrected chi connectivity index (χ0v) is 13.4. The summed E-state index contributed by atoms with van der Waals surface area (Å²) in [6, 6.07) is 6.13. The lowest BCUT2D eigenvalue weighted by atomic mass is 9.78. The Bertz CT molecular complexity index is 552. The van der Waals surface area contributed by atoms with Gasteiger partial charge in [0.05, 0.1) is 22.0 Å². The highest BCUT2D eigenvalue weighted by Crippen LogP contribution is 2.36. The maximum atomic E-state index is 12.1. The van der Waals surface area contributed by atoms with Crippen molar-refractivity contribution in [1.29, 1.82) is 0 Å². The number of rotatable bonds is 1. The molecule has 1 saturated heterocycles. The number of hydrogen-bond donors (Lipinski definition) is 0. The van der Waals surface area contributed by atoms with Gasteiger partial charge in [0.1, 0.15) is 0 Å². The lowest BCUT2D eigenvalue weighted by Gasteiger charge is -2.32. The van der Waals surface area contributed by atoms with Crippen LogP contribution in [0.25, 0.3) is 0 Å². The van der Waals surface area contributed by atoms with Crippen LogP contribution in [0.15, 0.2) is 23.1 Å². The molecule has 1 unspecified atom stereocenters. The van der Waals surface area contributed by atoms with Gasteiger partial charge in [-0.05, 0) is 57.6 Å². The summed E-state index contributed by atoms with van der Waals surface area (Å²) in [6.45, 7) is 8.18. The largest absolute Gasteiger partial charge is 0.494 e. The lowest BCUT2D eigenvalue weighted by Crippen LogP contribution is -2.41. The molecule has 5 heteroatoms. The van der Waals surface area contributed by atoms with Crippen molar-refractivity contribution in [3.05, 3.63) is 23.8 Å².